The number of rotatable bonds is 7. The number of hydrogen-bond donors (Lipinski definition) is 2. The molecule has 1 atom stereocenters. The third kappa shape index (κ3) is 4.28. The molecule has 1 heterocycles. The fraction of sp³-hybridized carbons (Fsp3) is 0.400. The van der Waals surface area contributed by atoms with E-state index in [1.54, 1.807) is 7.05 Å². The van der Waals surface area contributed by atoms with Crippen molar-refractivity contribution in [2.75, 3.05) is 20.1 Å². The van der Waals surface area contributed by atoms with Crippen LogP contribution in [0.3, 0.4) is 0 Å². The summed E-state index contributed by atoms with van der Waals surface area (Å²) in [6.45, 7) is 0.824. The SMILES string of the molecule is CNCC(=O)NCC(Cc1ccccc1)C1OC=CO1. The lowest BCUT2D eigenvalue weighted by molar-refractivity contribution is -0.121. The molecule has 0 radical (unpaired) electrons. The minimum Gasteiger partial charge on any atom is -0.459 e. The van der Waals surface area contributed by atoms with Crippen LogP contribution in [0.2, 0.25) is 0 Å². The number of carbonyl (C=O) groups is 1. The average Bonchev–Trinajstić information content (AvgIpc) is 2.99. The van der Waals surface area contributed by atoms with Gasteiger partial charge in [0.2, 0.25) is 12.2 Å². The van der Waals surface area contributed by atoms with E-state index in [4.69, 9.17) is 9.47 Å². The lowest BCUT2D eigenvalue weighted by atomic mass is 9.98. The van der Waals surface area contributed by atoms with Gasteiger partial charge >= 0.3 is 0 Å². The van der Waals surface area contributed by atoms with Gasteiger partial charge in [0.1, 0.15) is 12.5 Å². The fourth-order valence-corrected chi connectivity index (χ4v) is 2.12. The Balaban J connectivity index is 1.92. The molecule has 5 nitrogen and oxygen atoms in total. The standard InChI is InChI=1S/C15H20N2O3/c1-16-11-14(18)17-10-13(15-19-7-8-20-15)9-12-5-3-2-4-6-12/h2-8,13,15-16H,9-11H2,1H3,(H,17,18). The Bertz CT molecular complexity index is 440. The van der Waals surface area contributed by atoms with Gasteiger partial charge < -0.3 is 20.1 Å². The van der Waals surface area contributed by atoms with Gasteiger partial charge in [-0.15, -0.1) is 0 Å². The largest absolute Gasteiger partial charge is 0.459 e. The number of ether oxygens (including phenoxy) is 2. The summed E-state index contributed by atoms with van der Waals surface area (Å²) in [5.41, 5.74) is 1.19. The van der Waals surface area contributed by atoms with Crippen molar-refractivity contribution in [1.82, 2.24) is 10.6 Å². The van der Waals surface area contributed by atoms with Crippen molar-refractivity contribution in [2.45, 2.75) is 12.7 Å². The van der Waals surface area contributed by atoms with E-state index in [9.17, 15) is 4.79 Å². The summed E-state index contributed by atoms with van der Waals surface area (Å²) in [7, 11) is 1.74. The van der Waals surface area contributed by atoms with Crippen molar-refractivity contribution in [3.05, 3.63) is 48.4 Å². The Morgan fingerprint density at radius 1 is 1.25 bits per heavy atom. The van der Waals surface area contributed by atoms with Crippen molar-refractivity contribution in [3.63, 3.8) is 0 Å². The number of amides is 1. The van der Waals surface area contributed by atoms with Gasteiger partial charge in [0.25, 0.3) is 0 Å². The first-order valence-corrected chi connectivity index (χ1v) is 6.70. The third-order valence-electron chi connectivity index (χ3n) is 3.11. The highest BCUT2D eigenvalue weighted by Gasteiger charge is 2.26. The summed E-state index contributed by atoms with van der Waals surface area (Å²) in [5.74, 6) is 0.0322. The highest BCUT2D eigenvalue weighted by molar-refractivity contribution is 5.77. The maximum absolute atomic E-state index is 11.5. The molecule has 1 aliphatic heterocycles. The van der Waals surface area contributed by atoms with Gasteiger partial charge in [-0.1, -0.05) is 30.3 Å². The predicted octanol–water partition coefficient (Wildman–Crippen LogP) is 1.02. The second kappa shape index (κ2) is 7.55. The number of carbonyl (C=O) groups excluding carboxylic acids is 1. The van der Waals surface area contributed by atoms with Crippen LogP contribution >= 0.6 is 0 Å². The van der Waals surface area contributed by atoms with Gasteiger partial charge in [0.15, 0.2) is 0 Å². The van der Waals surface area contributed by atoms with Crippen LogP contribution in [0.4, 0.5) is 0 Å². The van der Waals surface area contributed by atoms with E-state index in [0.29, 0.717) is 13.1 Å². The summed E-state index contributed by atoms with van der Waals surface area (Å²) >= 11 is 0. The summed E-state index contributed by atoms with van der Waals surface area (Å²) in [4.78, 5) is 11.5. The fourth-order valence-electron chi connectivity index (χ4n) is 2.12. The topological polar surface area (TPSA) is 59.6 Å². The third-order valence-corrected chi connectivity index (χ3v) is 3.11. The summed E-state index contributed by atoms with van der Waals surface area (Å²) in [6, 6.07) is 10.1. The van der Waals surface area contributed by atoms with Crippen LogP contribution in [0.1, 0.15) is 5.56 Å². The van der Waals surface area contributed by atoms with Crippen molar-refractivity contribution >= 4 is 5.91 Å². The summed E-state index contributed by atoms with van der Waals surface area (Å²) in [6.07, 6.45) is 3.52. The second-order valence-electron chi connectivity index (χ2n) is 4.70. The molecule has 5 heteroatoms. The van der Waals surface area contributed by atoms with E-state index >= 15 is 0 Å². The van der Waals surface area contributed by atoms with Crippen LogP contribution in [-0.4, -0.2) is 32.3 Å². The van der Waals surface area contributed by atoms with Crippen molar-refractivity contribution in [2.24, 2.45) is 5.92 Å². The molecule has 1 aromatic carbocycles. The molecular weight excluding hydrogens is 256 g/mol. The minimum absolute atomic E-state index is 0.0310. The number of likely N-dealkylation sites (N-methyl/N-ethyl adjacent to an activating group) is 1. The molecule has 1 amide bonds. The molecule has 2 rings (SSSR count). The minimum atomic E-state index is -0.343. The van der Waals surface area contributed by atoms with Gasteiger partial charge in [-0.25, -0.2) is 0 Å². The van der Waals surface area contributed by atoms with Crippen molar-refractivity contribution in [3.8, 4) is 0 Å². The van der Waals surface area contributed by atoms with Gasteiger partial charge in [0.05, 0.1) is 12.5 Å². The lowest BCUT2D eigenvalue weighted by Gasteiger charge is -2.23. The van der Waals surface area contributed by atoms with Gasteiger partial charge in [0, 0.05) is 6.54 Å². The van der Waals surface area contributed by atoms with E-state index in [1.165, 1.54) is 18.1 Å². The normalized spacial score (nSPS) is 15.4. The van der Waals surface area contributed by atoms with Crippen LogP contribution in [0, 0.1) is 5.92 Å². The first-order chi connectivity index (χ1) is 9.79. The van der Waals surface area contributed by atoms with Crippen molar-refractivity contribution < 1.29 is 14.3 Å². The molecule has 1 unspecified atom stereocenters. The Morgan fingerprint density at radius 2 is 1.95 bits per heavy atom. The molecule has 0 aromatic heterocycles. The Hall–Kier alpha value is -2.01. The lowest BCUT2D eigenvalue weighted by Crippen LogP contribution is -2.39. The molecule has 0 fully saturated rings. The van der Waals surface area contributed by atoms with Crippen molar-refractivity contribution in [1.29, 1.82) is 0 Å². The maximum atomic E-state index is 11.5. The van der Waals surface area contributed by atoms with Gasteiger partial charge in [-0.3, -0.25) is 4.79 Å². The molecule has 0 spiro atoms. The van der Waals surface area contributed by atoms with Gasteiger partial charge in [-0.05, 0) is 19.0 Å². The van der Waals surface area contributed by atoms with E-state index in [0.717, 1.165) is 6.42 Å². The molecule has 0 saturated heterocycles. The van der Waals surface area contributed by atoms with Gasteiger partial charge in [-0.2, -0.15) is 0 Å². The summed E-state index contributed by atoms with van der Waals surface area (Å²) in [5, 5.41) is 5.72. The Labute approximate surface area is 119 Å². The molecule has 1 aromatic rings. The first kappa shape index (κ1) is 14.4. The van der Waals surface area contributed by atoms with E-state index in [-0.39, 0.29) is 18.1 Å². The van der Waals surface area contributed by atoms with Crippen LogP contribution in [-0.2, 0) is 20.7 Å². The molecule has 2 N–H and O–H groups in total. The zero-order valence-electron chi connectivity index (χ0n) is 11.5. The van der Waals surface area contributed by atoms with E-state index < -0.39 is 0 Å². The van der Waals surface area contributed by atoms with E-state index in [1.807, 2.05) is 18.2 Å². The van der Waals surface area contributed by atoms with Crippen LogP contribution < -0.4 is 10.6 Å². The number of hydrogen-bond acceptors (Lipinski definition) is 4. The predicted molar refractivity (Wildman–Crippen MR) is 75.7 cm³/mol. The molecule has 108 valence electrons. The van der Waals surface area contributed by atoms with Crippen LogP contribution in [0.5, 0.6) is 0 Å². The second-order valence-corrected chi connectivity index (χ2v) is 4.70. The quantitative estimate of drug-likeness (QED) is 0.781. The Morgan fingerprint density at radius 3 is 2.60 bits per heavy atom. The first-order valence-electron chi connectivity index (χ1n) is 6.70. The number of nitrogens with one attached hydrogen (secondary N) is 2. The molecule has 1 aliphatic rings. The average molecular weight is 276 g/mol. The molecule has 0 aliphatic carbocycles. The molecular formula is C15H20N2O3. The van der Waals surface area contributed by atoms with Crippen LogP contribution in [0.15, 0.2) is 42.9 Å². The van der Waals surface area contributed by atoms with Crippen LogP contribution in [0.25, 0.3) is 0 Å². The molecule has 0 bridgehead atoms. The molecule has 0 saturated carbocycles. The summed E-state index contributed by atoms with van der Waals surface area (Å²) < 4.78 is 10.8. The smallest absolute Gasteiger partial charge is 0.244 e. The number of benzene rings is 1. The zero-order chi connectivity index (χ0) is 14.2. The maximum Gasteiger partial charge on any atom is 0.244 e. The highest BCUT2D eigenvalue weighted by atomic mass is 16.7. The zero-order valence-corrected chi connectivity index (χ0v) is 11.5. The van der Waals surface area contributed by atoms with E-state index in [2.05, 4.69) is 22.8 Å². The Kier molecular flexibility index (Phi) is 5.43. The monoisotopic (exact) mass is 276 g/mol. The highest BCUT2D eigenvalue weighted by Crippen LogP contribution is 2.19. The molecule has 20 heavy (non-hydrogen) atoms.